The number of aromatic nitrogens is 1. The fraction of sp³-hybridized carbons (Fsp3) is 0.353. The normalized spacial score (nSPS) is 13.8. The van der Waals surface area contributed by atoms with Gasteiger partial charge in [-0.3, -0.25) is 9.59 Å². The summed E-state index contributed by atoms with van der Waals surface area (Å²) in [7, 11) is 0. The number of nitrogens with one attached hydrogen (secondary N) is 1. The van der Waals surface area contributed by atoms with Gasteiger partial charge in [-0.1, -0.05) is 25.1 Å². The third kappa shape index (κ3) is 3.11. The minimum Gasteiger partial charge on any atom is -0.351 e. The van der Waals surface area contributed by atoms with Crippen LogP contribution in [0.1, 0.15) is 36.4 Å². The molecule has 0 radical (unpaired) electrons. The van der Waals surface area contributed by atoms with Gasteiger partial charge in [0.15, 0.2) is 0 Å². The molecule has 6 nitrogen and oxygen atoms in total. The molecule has 0 bridgehead atoms. The van der Waals surface area contributed by atoms with Crippen LogP contribution < -0.4 is 10.2 Å². The van der Waals surface area contributed by atoms with E-state index >= 15 is 0 Å². The Bertz CT molecular complexity index is 723. The molecule has 0 unspecified atom stereocenters. The molecule has 3 rings (SSSR count). The van der Waals surface area contributed by atoms with Crippen molar-refractivity contribution in [3.8, 4) is 0 Å². The van der Waals surface area contributed by atoms with E-state index in [-0.39, 0.29) is 23.5 Å². The van der Waals surface area contributed by atoms with Gasteiger partial charge < -0.3 is 14.7 Å². The number of aryl methyl sites for hydroxylation is 1. The number of hydrogen-bond donors (Lipinski definition) is 1. The van der Waals surface area contributed by atoms with Gasteiger partial charge in [-0.15, -0.1) is 0 Å². The zero-order valence-electron chi connectivity index (χ0n) is 13.2. The first-order chi connectivity index (χ1) is 11.1. The number of anilines is 2. The molecular weight excluding hydrogens is 294 g/mol. The predicted octanol–water partition coefficient (Wildman–Crippen LogP) is 2.86. The van der Waals surface area contributed by atoms with Gasteiger partial charge >= 0.3 is 0 Å². The maximum atomic E-state index is 12.4. The van der Waals surface area contributed by atoms with E-state index in [0.29, 0.717) is 12.2 Å². The van der Waals surface area contributed by atoms with Crippen LogP contribution in [-0.2, 0) is 11.2 Å². The van der Waals surface area contributed by atoms with Crippen LogP contribution in [-0.4, -0.2) is 23.5 Å². The largest absolute Gasteiger partial charge is 0.351 e. The Hall–Kier alpha value is -2.63. The summed E-state index contributed by atoms with van der Waals surface area (Å²) in [5, 5.41) is 6.29. The van der Waals surface area contributed by atoms with Crippen molar-refractivity contribution in [2.45, 2.75) is 26.7 Å². The highest BCUT2D eigenvalue weighted by molar-refractivity contribution is 6.03. The van der Waals surface area contributed by atoms with E-state index in [4.69, 9.17) is 4.52 Å². The summed E-state index contributed by atoms with van der Waals surface area (Å²) in [5.74, 6) is -0.170. The van der Waals surface area contributed by atoms with Crippen LogP contribution >= 0.6 is 0 Å². The lowest BCUT2D eigenvalue weighted by atomic mass is 9.99. The number of fused-ring (bicyclic) bond motifs is 1. The second-order valence-corrected chi connectivity index (χ2v) is 5.92. The van der Waals surface area contributed by atoms with Gasteiger partial charge in [0.05, 0.1) is 6.20 Å². The number of benzene rings is 1. The Kier molecular flexibility index (Phi) is 4.14. The van der Waals surface area contributed by atoms with Crippen molar-refractivity contribution in [1.82, 2.24) is 5.16 Å². The Labute approximate surface area is 134 Å². The fourth-order valence-corrected chi connectivity index (χ4v) is 2.72. The number of carbonyl (C=O) groups is 2. The molecule has 0 saturated heterocycles. The molecule has 2 heterocycles. The second kappa shape index (κ2) is 6.24. The molecule has 6 heteroatoms. The molecule has 2 aromatic rings. The monoisotopic (exact) mass is 313 g/mol. The van der Waals surface area contributed by atoms with E-state index in [0.717, 1.165) is 24.1 Å². The molecule has 0 aliphatic carbocycles. The second-order valence-electron chi connectivity index (χ2n) is 5.92. The van der Waals surface area contributed by atoms with Crippen molar-refractivity contribution in [1.29, 1.82) is 0 Å². The average Bonchev–Trinajstić information content (AvgIpc) is 3.08. The maximum absolute atomic E-state index is 12.4. The summed E-state index contributed by atoms with van der Waals surface area (Å²) >= 11 is 0. The minimum atomic E-state index is -0.361. The summed E-state index contributed by atoms with van der Waals surface area (Å²) in [6.45, 7) is 4.50. The number of nitrogens with zero attached hydrogens (tertiary/aromatic N) is 2. The first-order valence-corrected chi connectivity index (χ1v) is 7.72. The third-order valence-electron chi connectivity index (χ3n) is 3.88. The zero-order valence-corrected chi connectivity index (χ0v) is 13.2. The molecule has 1 aliphatic rings. The summed E-state index contributed by atoms with van der Waals surface area (Å²) in [4.78, 5) is 26.3. The van der Waals surface area contributed by atoms with E-state index in [1.54, 1.807) is 0 Å². The molecule has 1 aromatic heterocycles. The number of rotatable bonds is 3. The highest BCUT2D eigenvalue weighted by Gasteiger charge is 2.25. The molecule has 1 aromatic carbocycles. The Balaban J connectivity index is 1.86. The van der Waals surface area contributed by atoms with E-state index in [1.807, 2.05) is 36.9 Å². The van der Waals surface area contributed by atoms with E-state index in [2.05, 4.69) is 10.5 Å². The SMILES string of the molecule is CC(C)C(=O)N1CCCc2ccc(NC(=O)c3ccno3)cc21. The minimum absolute atomic E-state index is 0.0617. The Morgan fingerprint density at radius 1 is 1.30 bits per heavy atom. The van der Waals surface area contributed by atoms with Crippen molar-refractivity contribution >= 4 is 23.2 Å². The molecule has 1 N–H and O–H groups in total. The van der Waals surface area contributed by atoms with Crippen LogP contribution in [0, 0.1) is 5.92 Å². The van der Waals surface area contributed by atoms with Crippen LogP contribution in [0.25, 0.3) is 0 Å². The van der Waals surface area contributed by atoms with Crippen LogP contribution in [0.3, 0.4) is 0 Å². The highest BCUT2D eigenvalue weighted by atomic mass is 16.5. The maximum Gasteiger partial charge on any atom is 0.294 e. The lowest BCUT2D eigenvalue weighted by molar-refractivity contribution is -0.121. The lowest BCUT2D eigenvalue weighted by Crippen LogP contribution is -2.38. The molecule has 120 valence electrons. The molecule has 0 spiro atoms. The van der Waals surface area contributed by atoms with Crippen molar-refractivity contribution in [3.05, 3.63) is 41.8 Å². The number of amides is 2. The molecule has 0 atom stereocenters. The summed E-state index contributed by atoms with van der Waals surface area (Å²) in [6.07, 6.45) is 3.31. The van der Waals surface area contributed by atoms with Gasteiger partial charge in [-0.25, -0.2) is 0 Å². The Morgan fingerprint density at radius 3 is 2.83 bits per heavy atom. The predicted molar refractivity (Wildman–Crippen MR) is 86.4 cm³/mol. The van der Waals surface area contributed by atoms with Crippen LogP contribution in [0.15, 0.2) is 35.0 Å². The van der Waals surface area contributed by atoms with Crippen molar-refractivity contribution in [3.63, 3.8) is 0 Å². The first-order valence-electron chi connectivity index (χ1n) is 7.72. The van der Waals surface area contributed by atoms with Gasteiger partial charge in [0.2, 0.25) is 11.7 Å². The highest BCUT2D eigenvalue weighted by Crippen LogP contribution is 2.31. The van der Waals surface area contributed by atoms with E-state index in [9.17, 15) is 9.59 Å². The summed E-state index contributed by atoms with van der Waals surface area (Å²) in [6, 6.07) is 7.16. The van der Waals surface area contributed by atoms with Crippen LogP contribution in [0.4, 0.5) is 11.4 Å². The van der Waals surface area contributed by atoms with Crippen LogP contribution in [0.5, 0.6) is 0 Å². The zero-order chi connectivity index (χ0) is 16.4. The van der Waals surface area contributed by atoms with Crippen LogP contribution in [0.2, 0.25) is 0 Å². The molecule has 1 aliphatic heterocycles. The van der Waals surface area contributed by atoms with Crippen molar-refractivity contribution in [2.75, 3.05) is 16.8 Å². The fourth-order valence-electron chi connectivity index (χ4n) is 2.72. The van der Waals surface area contributed by atoms with E-state index in [1.165, 1.54) is 12.3 Å². The van der Waals surface area contributed by atoms with E-state index < -0.39 is 0 Å². The third-order valence-corrected chi connectivity index (χ3v) is 3.88. The number of hydrogen-bond acceptors (Lipinski definition) is 4. The van der Waals surface area contributed by atoms with Gasteiger partial charge in [0.25, 0.3) is 5.91 Å². The quantitative estimate of drug-likeness (QED) is 0.945. The lowest BCUT2D eigenvalue weighted by Gasteiger charge is -2.31. The van der Waals surface area contributed by atoms with Gasteiger partial charge in [0.1, 0.15) is 0 Å². The first kappa shape index (κ1) is 15.3. The number of carbonyl (C=O) groups excluding carboxylic acids is 2. The molecule has 0 saturated carbocycles. The molecule has 2 amide bonds. The molecule has 0 fully saturated rings. The van der Waals surface area contributed by atoms with Gasteiger partial charge in [-0.05, 0) is 30.5 Å². The van der Waals surface area contributed by atoms with Crippen molar-refractivity contribution in [2.24, 2.45) is 5.92 Å². The molecule has 23 heavy (non-hydrogen) atoms. The standard InChI is InChI=1S/C17H19N3O3/c1-11(2)17(22)20-9-3-4-12-5-6-13(10-14(12)20)19-16(21)15-7-8-18-23-15/h5-8,10-11H,3-4,9H2,1-2H3,(H,19,21). The van der Waals surface area contributed by atoms with Gasteiger partial charge in [-0.2, -0.15) is 0 Å². The summed E-state index contributed by atoms with van der Waals surface area (Å²) in [5.41, 5.74) is 2.64. The molecular formula is C17H19N3O3. The van der Waals surface area contributed by atoms with Crippen molar-refractivity contribution < 1.29 is 14.1 Å². The van der Waals surface area contributed by atoms with Gasteiger partial charge in [0, 0.05) is 29.9 Å². The average molecular weight is 313 g/mol. The summed E-state index contributed by atoms with van der Waals surface area (Å²) < 4.78 is 4.84. The Morgan fingerprint density at radius 2 is 2.13 bits per heavy atom. The topological polar surface area (TPSA) is 75.4 Å². The smallest absolute Gasteiger partial charge is 0.294 e.